The zero-order valence-electron chi connectivity index (χ0n) is 24.4. The Morgan fingerprint density at radius 2 is 1.64 bits per heavy atom. The zero-order valence-corrected chi connectivity index (χ0v) is 26.8. The van der Waals surface area contributed by atoms with E-state index in [-0.39, 0.29) is 29.9 Å². The molecule has 3 aliphatic rings. The fraction of sp³-hybridized carbons (Fsp3) is 0.433. The van der Waals surface area contributed by atoms with E-state index in [1.807, 2.05) is 24.2 Å². The minimum Gasteiger partial charge on any atom is -0.371 e. The number of fused-ring (bicyclic) bond motifs is 1. The number of amides is 2. The van der Waals surface area contributed by atoms with Gasteiger partial charge < -0.3 is 9.80 Å². The Labute approximate surface area is 264 Å². The lowest BCUT2D eigenvalue weighted by Gasteiger charge is -2.49. The van der Waals surface area contributed by atoms with Crippen molar-refractivity contribution >= 4 is 60.7 Å². The molecule has 44 heavy (non-hydrogen) atoms. The number of carbonyl (C=O) groups is 2. The molecular formula is C30H35ClN6O5S2. The number of anilines is 1. The van der Waals surface area contributed by atoms with Gasteiger partial charge in [-0.1, -0.05) is 23.7 Å². The minimum absolute atomic E-state index is 0.0170. The second-order valence-corrected chi connectivity index (χ2v) is 15.4. The number of halogens is 1. The van der Waals surface area contributed by atoms with E-state index in [1.54, 1.807) is 47.6 Å². The molecule has 6 rings (SSSR count). The third kappa shape index (κ3) is 6.20. The fourth-order valence-electron chi connectivity index (χ4n) is 6.30. The lowest BCUT2D eigenvalue weighted by atomic mass is 10.0. The Balaban J connectivity index is 1.25. The minimum atomic E-state index is -4.11. The number of hydrogen-bond acceptors (Lipinski definition) is 8. The van der Waals surface area contributed by atoms with E-state index in [9.17, 15) is 22.2 Å². The van der Waals surface area contributed by atoms with Gasteiger partial charge in [-0.3, -0.25) is 23.8 Å². The van der Waals surface area contributed by atoms with Crippen LogP contribution in [-0.2, 0) is 30.4 Å². The largest absolute Gasteiger partial charge is 0.371 e. The molecule has 0 saturated carbocycles. The monoisotopic (exact) mass is 658 g/mol. The van der Waals surface area contributed by atoms with Crippen molar-refractivity contribution in [3.63, 3.8) is 0 Å². The summed E-state index contributed by atoms with van der Waals surface area (Å²) in [7, 11) is -3.29. The molecule has 234 valence electrons. The van der Waals surface area contributed by atoms with E-state index >= 15 is 0 Å². The highest BCUT2D eigenvalue weighted by Gasteiger charge is 2.46. The van der Waals surface area contributed by atoms with Gasteiger partial charge in [0.15, 0.2) is 0 Å². The maximum Gasteiger partial charge on any atom is 0.252 e. The maximum absolute atomic E-state index is 14.0. The number of hydrogen-bond donors (Lipinski definition) is 0. The topological polar surface area (TPSA) is 114 Å². The molecule has 1 atom stereocenters. The van der Waals surface area contributed by atoms with Crippen molar-refractivity contribution in [3.8, 4) is 0 Å². The first kappa shape index (κ1) is 30.9. The van der Waals surface area contributed by atoms with Crippen molar-refractivity contribution in [3.05, 3.63) is 65.9 Å². The highest BCUT2D eigenvalue weighted by atomic mass is 35.5. The van der Waals surface area contributed by atoms with Crippen molar-refractivity contribution < 1.29 is 22.2 Å². The Morgan fingerprint density at radius 3 is 2.34 bits per heavy atom. The Kier molecular flexibility index (Phi) is 8.93. The second-order valence-electron chi connectivity index (χ2n) is 11.4. The number of piperazine rings is 1. The average Bonchev–Trinajstić information content (AvgIpc) is 3.04. The number of piperidine rings is 1. The summed E-state index contributed by atoms with van der Waals surface area (Å²) in [4.78, 5) is 35.9. The summed E-state index contributed by atoms with van der Waals surface area (Å²) in [6, 6.07) is 12.8. The Bertz CT molecular complexity index is 1680. The predicted octanol–water partition coefficient (Wildman–Crippen LogP) is 2.20. The van der Waals surface area contributed by atoms with Crippen LogP contribution in [0.5, 0.6) is 0 Å². The molecule has 3 aliphatic heterocycles. The predicted molar refractivity (Wildman–Crippen MR) is 170 cm³/mol. The molecular weight excluding hydrogens is 624 g/mol. The summed E-state index contributed by atoms with van der Waals surface area (Å²) >= 11 is 6.10. The highest BCUT2D eigenvalue weighted by molar-refractivity contribution is 7.89. The molecule has 0 N–H and O–H groups in total. The summed E-state index contributed by atoms with van der Waals surface area (Å²) in [6.07, 6.45) is 5.05. The van der Waals surface area contributed by atoms with Gasteiger partial charge in [-0.05, 0) is 60.0 Å². The quantitative estimate of drug-likeness (QED) is 0.396. The third-order valence-electron chi connectivity index (χ3n) is 8.79. The molecule has 3 fully saturated rings. The smallest absolute Gasteiger partial charge is 0.252 e. The summed E-state index contributed by atoms with van der Waals surface area (Å²) in [5, 5.41) is 5.37. The number of aromatic nitrogens is 1. The molecule has 0 aliphatic carbocycles. The van der Waals surface area contributed by atoms with E-state index < -0.39 is 32.8 Å². The number of benzene rings is 2. The molecule has 14 heteroatoms. The van der Waals surface area contributed by atoms with Gasteiger partial charge in [0.1, 0.15) is 6.04 Å². The Hall–Kier alpha value is -3.10. The zero-order chi connectivity index (χ0) is 31.0. The van der Waals surface area contributed by atoms with Crippen molar-refractivity contribution in [2.45, 2.75) is 29.8 Å². The molecule has 3 aromatic rings. The van der Waals surface area contributed by atoms with E-state index in [1.165, 1.54) is 11.1 Å². The molecule has 1 unspecified atom stereocenters. The van der Waals surface area contributed by atoms with Crippen LogP contribution in [0.25, 0.3) is 10.8 Å². The van der Waals surface area contributed by atoms with Crippen LogP contribution < -0.4 is 4.90 Å². The van der Waals surface area contributed by atoms with Gasteiger partial charge in [-0.15, -0.1) is 0 Å². The number of pyridine rings is 1. The molecule has 1 aromatic heterocycles. The van der Waals surface area contributed by atoms with Crippen LogP contribution in [0.2, 0.25) is 5.02 Å². The molecule has 4 heterocycles. The lowest BCUT2D eigenvalue weighted by Crippen LogP contribution is -2.68. The maximum atomic E-state index is 14.0. The van der Waals surface area contributed by atoms with Gasteiger partial charge in [0, 0.05) is 91.2 Å². The van der Waals surface area contributed by atoms with Gasteiger partial charge in [-0.2, -0.15) is 4.31 Å². The molecule has 11 nitrogen and oxygen atoms in total. The highest BCUT2D eigenvalue weighted by Crippen LogP contribution is 2.29. The van der Waals surface area contributed by atoms with Crippen LogP contribution in [0.3, 0.4) is 0 Å². The average molecular weight is 659 g/mol. The molecule has 3 saturated heterocycles. The number of rotatable bonds is 6. The SMILES string of the molecule is CN(C1CCN(c2ccncc2)CC1)N1C(=O)CN(S(=O)(=O)c2ccc3cc(Cl)ccc3c2)CC1C(=O)N1CCS(=O)CC1. The standard InChI is InChI=1S/C30H35ClN6O5S2/c1-33(25-8-12-34(13-9-25)26-6-10-32-11-7-26)37-28(30(39)35-14-16-43(40)17-15-35)20-36(21-29(37)38)44(41,42)27-5-3-22-18-24(31)4-2-23(22)19-27/h2-7,10-11,18-19,25,28H,8-9,12-17,20-21H2,1H3. The van der Waals surface area contributed by atoms with E-state index in [4.69, 9.17) is 11.6 Å². The number of nitrogens with zero attached hydrogens (tertiary/aromatic N) is 6. The lowest BCUT2D eigenvalue weighted by molar-refractivity contribution is -0.174. The van der Waals surface area contributed by atoms with Crippen LogP contribution in [-0.4, -0.2) is 119 Å². The first-order chi connectivity index (χ1) is 21.1. The molecule has 0 spiro atoms. The van der Waals surface area contributed by atoms with Crippen molar-refractivity contribution in [1.82, 2.24) is 24.2 Å². The van der Waals surface area contributed by atoms with Gasteiger partial charge in [0.25, 0.3) is 5.91 Å². The molecule has 2 amide bonds. The van der Waals surface area contributed by atoms with E-state index in [0.717, 1.165) is 41.3 Å². The fourth-order valence-corrected chi connectivity index (χ4v) is 8.96. The van der Waals surface area contributed by atoms with Crippen LogP contribution in [0.4, 0.5) is 5.69 Å². The molecule has 0 radical (unpaired) electrons. The molecule has 2 aromatic carbocycles. The van der Waals surface area contributed by atoms with Gasteiger partial charge in [0.2, 0.25) is 15.9 Å². The van der Waals surface area contributed by atoms with Crippen molar-refractivity contribution in [2.75, 3.05) is 62.7 Å². The number of sulfonamides is 1. The van der Waals surface area contributed by atoms with E-state index in [0.29, 0.717) is 35.0 Å². The van der Waals surface area contributed by atoms with Crippen LogP contribution in [0.15, 0.2) is 65.8 Å². The second kappa shape index (κ2) is 12.7. The first-order valence-corrected chi connectivity index (χ1v) is 18.0. The third-order valence-corrected chi connectivity index (χ3v) is 12.1. The summed E-state index contributed by atoms with van der Waals surface area (Å²) in [6.45, 7) is 1.59. The number of hydrazine groups is 1. The van der Waals surface area contributed by atoms with Gasteiger partial charge >= 0.3 is 0 Å². The molecule has 0 bridgehead atoms. The number of carbonyl (C=O) groups excluding carboxylic acids is 2. The normalized spacial score (nSPS) is 21.4. The van der Waals surface area contributed by atoms with Crippen molar-refractivity contribution in [1.29, 1.82) is 0 Å². The van der Waals surface area contributed by atoms with Gasteiger partial charge in [0.05, 0.1) is 11.4 Å². The van der Waals surface area contributed by atoms with Crippen LogP contribution in [0.1, 0.15) is 12.8 Å². The summed E-state index contributed by atoms with van der Waals surface area (Å²) < 4.78 is 41.0. The summed E-state index contributed by atoms with van der Waals surface area (Å²) in [5.74, 6) is -0.0629. The first-order valence-electron chi connectivity index (χ1n) is 14.6. The van der Waals surface area contributed by atoms with E-state index in [2.05, 4.69) is 9.88 Å². The van der Waals surface area contributed by atoms with Crippen molar-refractivity contribution in [2.24, 2.45) is 0 Å². The Morgan fingerprint density at radius 1 is 0.977 bits per heavy atom. The van der Waals surface area contributed by atoms with Gasteiger partial charge in [-0.25, -0.2) is 13.4 Å². The van der Waals surface area contributed by atoms with Crippen LogP contribution >= 0.6 is 11.6 Å². The van der Waals surface area contributed by atoms with Crippen LogP contribution in [0, 0.1) is 0 Å². The summed E-state index contributed by atoms with van der Waals surface area (Å²) in [5.41, 5.74) is 1.09.